The molecule has 0 saturated carbocycles. The molecule has 0 fully saturated rings. The average Bonchev–Trinajstić information content (AvgIpc) is 3.44. The van der Waals surface area contributed by atoms with Crippen LogP contribution in [0.3, 0.4) is 0 Å². The SMILES string of the molecule is Cc1ccc2c(-c3ccccc3)c3ccccc3c(-c3ccc(-n4c(-c5ccccc5)cc5c4C=CCC5)cc3)c2c1. The van der Waals surface area contributed by atoms with Crippen LogP contribution in [0.2, 0.25) is 0 Å². The molecule has 6 aromatic carbocycles. The molecule has 1 heterocycles. The number of hydrogen-bond donors (Lipinski definition) is 0. The molecule has 0 atom stereocenters. The summed E-state index contributed by atoms with van der Waals surface area (Å²) in [6, 6.07) is 49.0. The second-order valence-corrected chi connectivity index (χ2v) is 11.3. The minimum atomic E-state index is 1.09. The monoisotopic (exact) mass is 537 g/mol. The van der Waals surface area contributed by atoms with Crippen LogP contribution < -0.4 is 0 Å². The Hall–Kier alpha value is -5.14. The van der Waals surface area contributed by atoms with Gasteiger partial charge in [-0.1, -0.05) is 127 Å². The van der Waals surface area contributed by atoms with Gasteiger partial charge >= 0.3 is 0 Å². The van der Waals surface area contributed by atoms with Gasteiger partial charge in [0.25, 0.3) is 0 Å². The number of aromatic nitrogens is 1. The Kier molecular flexibility index (Phi) is 5.89. The molecular formula is C41H31N. The van der Waals surface area contributed by atoms with Crippen LogP contribution >= 0.6 is 0 Å². The molecule has 0 N–H and O–H groups in total. The van der Waals surface area contributed by atoms with Crippen molar-refractivity contribution in [3.05, 3.63) is 156 Å². The van der Waals surface area contributed by atoms with Gasteiger partial charge in [-0.05, 0) is 99.0 Å². The van der Waals surface area contributed by atoms with Crippen LogP contribution in [0.5, 0.6) is 0 Å². The molecule has 200 valence electrons. The van der Waals surface area contributed by atoms with Gasteiger partial charge in [0, 0.05) is 11.4 Å². The largest absolute Gasteiger partial charge is 0.310 e. The maximum atomic E-state index is 2.43. The molecule has 0 amide bonds. The van der Waals surface area contributed by atoms with Crippen LogP contribution in [-0.2, 0) is 6.42 Å². The maximum absolute atomic E-state index is 2.43. The number of allylic oxidation sites excluding steroid dienone is 1. The Morgan fingerprint density at radius 1 is 0.524 bits per heavy atom. The van der Waals surface area contributed by atoms with E-state index in [4.69, 9.17) is 0 Å². The van der Waals surface area contributed by atoms with Crippen molar-refractivity contribution in [1.82, 2.24) is 4.57 Å². The highest BCUT2D eigenvalue weighted by Gasteiger charge is 2.19. The van der Waals surface area contributed by atoms with Gasteiger partial charge in [0.15, 0.2) is 0 Å². The van der Waals surface area contributed by atoms with Crippen LogP contribution in [-0.4, -0.2) is 4.57 Å². The number of fused-ring (bicyclic) bond motifs is 3. The minimum absolute atomic E-state index is 1.09. The van der Waals surface area contributed by atoms with E-state index < -0.39 is 0 Å². The molecule has 0 radical (unpaired) electrons. The molecule has 8 rings (SSSR count). The maximum Gasteiger partial charge on any atom is 0.0537 e. The summed E-state index contributed by atoms with van der Waals surface area (Å²) in [6.07, 6.45) is 6.78. The van der Waals surface area contributed by atoms with E-state index in [9.17, 15) is 0 Å². The van der Waals surface area contributed by atoms with Gasteiger partial charge in [-0.15, -0.1) is 0 Å². The Morgan fingerprint density at radius 3 is 1.83 bits per heavy atom. The Bertz CT molecular complexity index is 2110. The highest BCUT2D eigenvalue weighted by molar-refractivity contribution is 6.21. The third kappa shape index (κ3) is 4.01. The van der Waals surface area contributed by atoms with Crippen molar-refractivity contribution in [3.63, 3.8) is 0 Å². The van der Waals surface area contributed by atoms with E-state index in [0.717, 1.165) is 12.8 Å². The van der Waals surface area contributed by atoms with Gasteiger partial charge in [-0.25, -0.2) is 0 Å². The molecule has 1 nitrogen and oxygen atoms in total. The van der Waals surface area contributed by atoms with Crippen LogP contribution in [0, 0.1) is 6.92 Å². The van der Waals surface area contributed by atoms with Crippen LogP contribution in [0.4, 0.5) is 0 Å². The molecule has 0 unspecified atom stereocenters. The lowest BCUT2D eigenvalue weighted by atomic mass is 9.85. The van der Waals surface area contributed by atoms with E-state index in [2.05, 4.69) is 157 Å². The van der Waals surface area contributed by atoms with Gasteiger partial charge in [0.2, 0.25) is 0 Å². The quantitative estimate of drug-likeness (QED) is 0.197. The summed E-state index contributed by atoms with van der Waals surface area (Å²) in [4.78, 5) is 0. The van der Waals surface area contributed by atoms with E-state index in [1.807, 2.05) is 0 Å². The predicted octanol–water partition coefficient (Wildman–Crippen LogP) is 11.1. The first kappa shape index (κ1) is 24.6. The minimum Gasteiger partial charge on any atom is -0.310 e. The third-order valence-corrected chi connectivity index (χ3v) is 8.70. The Balaban J connectivity index is 1.35. The smallest absolute Gasteiger partial charge is 0.0537 e. The van der Waals surface area contributed by atoms with Gasteiger partial charge in [-0.2, -0.15) is 0 Å². The number of rotatable bonds is 4. The zero-order valence-corrected chi connectivity index (χ0v) is 23.7. The van der Waals surface area contributed by atoms with Crippen molar-refractivity contribution in [1.29, 1.82) is 0 Å². The summed E-state index contributed by atoms with van der Waals surface area (Å²) >= 11 is 0. The van der Waals surface area contributed by atoms with Crippen LogP contribution in [0.15, 0.2) is 140 Å². The van der Waals surface area contributed by atoms with Crippen LogP contribution in [0.1, 0.15) is 23.2 Å². The first-order chi connectivity index (χ1) is 20.8. The summed E-state index contributed by atoms with van der Waals surface area (Å²) in [6.45, 7) is 2.19. The number of benzene rings is 6. The number of aryl methyl sites for hydroxylation is 2. The van der Waals surface area contributed by atoms with Crippen molar-refractivity contribution in [2.75, 3.05) is 0 Å². The van der Waals surface area contributed by atoms with Gasteiger partial charge in [0.05, 0.1) is 5.69 Å². The van der Waals surface area contributed by atoms with Gasteiger partial charge in [0.1, 0.15) is 0 Å². The summed E-state index contributed by atoms with van der Waals surface area (Å²) in [7, 11) is 0. The van der Waals surface area contributed by atoms with E-state index in [-0.39, 0.29) is 0 Å². The fraction of sp³-hybridized carbons (Fsp3) is 0.0732. The number of hydrogen-bond acceptors (Lipinski definition) is 0. The molecule has 0 saturated heterocycles. The first-order valence-electron chi connectivity index (χ1n) is 14.8. The summed E-state index contributed by atoms with van der Waals surface area (Å²) in [5.74, 6) is 0. The lowest BCUT2D eigenvalue weighted by Crippen LogP contribution is -2.02. The molecule has 0 bridgehead atoms. The Morgan fingerprint density at radius 2 is 1.12 bits per heavy atom. The summed E-state index contributed by atoms with van der Waals surface area (Å²) in [5, 5.41) is 5.16. The molecule has 42 heavy (non-hydrogen) atoms. The summed E-state index contributed by atoms with van der Waals surface area (Å²) < 4.78 is 2.43. The van der Waals surface area contributed by atoms with E-state index in [0.29, 0.717) is 0 Å². The van der Waals surface area contributed by atoms with Crippen LogP contribution in [0.25, 0.3) is 66.8 Å². The standard InChI is InChI=1S/C41H31N/c1-28-20-25-36-37(26-28)41(35-18-10-9-17-34(35)40(36)30-14-6-3-7-15-30)31-21-23-33(24-22-31)42-38-19-11-8-16-32(38)27-39(42)29-12-4-2-5-13-29/h2-7,9-15,17-27H,8,16H2,1H3. The second-order valence-electron chi connectivity index (χ2n) is 11.3. The van der Waals surface area contributed by atoms with E-state index in [1.54, 1.807) is 0 Å². The highest BCUT2D eigenvalue weighted by atomic mass is 15.0. The highest BCUT2D eigenvalue weighted by Crippen LogP contribution is 2.44. The van der Waals surface area contributed by atoms with E-state index in [1.165, 1.54) is 77.6 Å². The zero-order chi connectivity index (χ0) is 28.0. The lowest BCUT2D eigenvalue weighted by Gasteiger charge is -2.19. The Labute approximate surface area is 247 Å². The average molecular weight is 538 g/mol. The van der Waals surface area contributed by atoms with Crippen molar-refractivity contribution < 1.29 is 0 Å². The molecule has 0 aliphatic heterocycles. The molecule has 1 heteroatoms. The van der Waals surface area contributed by atoms with Crippen molar-refractivity contribution in [2.24, 2.45) is 0 Å². The normalized spacial score (nSPS) is 12.6. The van der Waals surface area contributed by atoms with Gasteiger partial charge < -0.3 is 4.57 Å². The van der Waals surface area contributed by atoms with Crippen molar-refractivity contribution in [2.45, 2.75) is 19.8 Å². The van der Waals surface area contributed by atoms with Crippen molar-refractivity contribution in [3.8, 4) is 39.2 Å². The molecule has 1 aliphatic carbocycles. The molecule has 1 aromatic heterocycles. The number of nitrogens with zero attached hydrogens (tertiary/aromatic N) is 1. The molecule has 7 aromatic rings. The predicted molar refractivity (Wildman–Crippen MR) is 179 cm³/mol. The topological polar surface area (TPSA) is 4.93 Å². The first-order valence-corrected chi connectivity index (χ1v) is 14.8. The fourth-order valence-electron chi connectivity index (χ4n) is 6.79. The molecule has 1 aliphatic rings. The molecule has 0 spiro atoms. The molecular weight excluding hydrogens is 506 g/mol. The van der Waals surface area contributed by atoms with E-state index >= 15 is 0 Å². The summed E-state index contributed by atoms with van der Waals surface area (Å²) in [5.41, 5.74) is 12.8. The fourth-order valence-corrected chi connectivity index (χ4v) is 6.79. The van der Waals surface area contributed by atoms with Gasteiger partial charge in [-0.3, -0.25) is 0 Å². The lowest BCUT2D eigenvalue weighted by molar-refractivity contribution is 0.960. The second kappa shape index (κ2) is 10.0. The zero-order valence-electron chi connectivity index (χ0n) is 23.7. The third-order valence-electron chi connectivity index (χ3n) is 8.70. The van der Waals surface area contributed by atoms with Crippen molar-refractivity contribution >= 4 is 27.6 Å².